The predicted molar refractivity (Wildman–Crippen MR) is 150 cm³/mol. The van der Waals surface area contributed by atoms with E-state index < -0.39 is 82.9 Å². The summed E-state index contributed by atoms with van der Waals surface area (Å²) < 4.78 is 52.0. The van der Waals surface area contributed by atoms with Gasteiger partial charge in [0, 0.05) is 22.4 Å². The molecular formula is C32H37F2NO8. The number of carbonyl (C=O) groups excluding carboxylic acids is 2. The third-order valence-electron chi connectivity index (χ3n) is 10.8. The summed E-state index contributed by atoms with van der Waals surface area (Å²) >= 11 is 0. The lowest BCUT2D eigenvalue weighted by Gasteiger charge is -2.63. The summed E-state index contributed by atoms with van der Waals surface area (Å²) in [6.07, 6.45) is -0.897. The molecule has 9 nitrogen and oxygen atoms in total. The van der Waals surface area contributed by atoms with Crippen LogP contribution in [-0.4, -0.2) is 70.4 Å². The largest absolute Gasteiger partial charge is 0.486 e. The van der Waals surface area contributed by atoms with Gasteiger partial charge in [-0.05, 0) is 80.5 Å². The van der Waals surface area contributed by atoms with Gasteiger partial charge in [0.25, 0.3) is 0 Å². The highest BCUT2D eigenvalue weighted by Crippen LogP contribution is 2.72. The van der Waals surface area contributed by atoms with Crippen molar-refractivity contribution in [2.75, 3.05) is 11.9 Å². The van der Waals surface area contributed by atoms with Gasteiger partial charge in [-0.15, -0.1) is 0 Å². The van der Waals surface area contributed by atoms with Crippen molar-refractivity contribution < 1.29 is 47.6 Å². The van der Waals surface area contributed by atoms with Gasteiger partial charge in [-0.3, -0.25) is 14.9 Å². The van der Waals surface area contributed by atoms with E-state index >= 15 is 8.78 Å². The number of hydrogen-bond donors (Lipinski definition) is 3. The summed E-state index contributed by atoms with van der Waals surface area (Å²) in [5.74, 6) is -2.05. The third-order valence-corrected chi connectivity index (χ3v) is 10.8. The van der Waals surface area contributed by atoms with Gasteiger partial charge < -0.3 is 24.4 Å². The van der Waals surface area contributed by atoms with E-state index in [2.05, 4.69) is 5.32 Å². The molecule has 11 heteroatoms. The smallest absolute Gasteiger partial charge is 0.409 e. The van der Waals surface area contributed by atoms with E-state index in [1.165, 1.54) is 36.4 Å². The van der Waals surface area contributed by atoms with Crippen molar-refractivity contribution >= 4 is 23.3 Å². The van der Waals surface area contributed by atoms with E-state index in [1.54, 1.807) is 6.92 Å². The molecule has 232 valence electrons. The van der Waals surface area contributed by atoms with E-state index in [1.807, 2.05) is 13.8 Å². The Balaban J connectivity index is 1.34. The third kappa shape index (κ3) is 4.14. The maximum atomic E-state index is 17.6. The van der Waals surface area contributed by atoms with Crippen molar-refractivity contribution in [3.05, 3.63) is 48.1 Å². The average Bonchev–Trinajstić information content (AvgIpc) is 3.43. The fraction of sp³-hybridized carbons (Fsp3) is 0.594. The summed E-state index contributed by atoms with van der Waals surface area (Å²) in [5, 5.41) is 22.8. The molecule has 4 aliphatic carbocycles. The number of aliphatic hydroxyl groups is 1. The maximum Gasteiger partial charge on any atom is 0.409 e. The Hall–Kier alpha value is -3.15. The normalized spacial score (nSPS) is 42.7. The number of alkyl halides is 2. The standard InChI is InChI=1S/C32H37F2NO8/c1-4-5-27-42-26-14-20-21-13-23(33)22-12-18(36)10-11-29(22,2)31(21,34)24(37)15-30(20,3)32(26,43-27)25(38)16-41-19-8-6-17(7-9-19)35-28(39)40/h6-12,20-21,23-24,26-27,35,37H,4-5,13-16H2,1-3H3,(H,39,40)/t20-,21-,23-,24-,26+,27?,29-,30-,31-,32+/m0/s1. The minimum atomic E-state index is -2.28. The van der Waals surface area contributed by atoms with Crippen molar-refractivity contribution in [2.24, 2.45) is 22.7 Å². The Morgan fingerprint density at radius 2 is 1.88 bits per heavy atom. The fourth-order valence-electron chi connectivity index (χ4n) is 8.90. The Morgan fingerprint density at radius 3 is 2.56 bits per heavy atom. The second-order valence-electron chi connectivity index (χ2n) is 13.0. The Morgan fingerprint density at radius 1 is 1.16 bits per heavy atom. The minimum absolute atomic E-state index is 0.0406. The second kappa shape index (κ2) is 10.2. The number of ketones is 2. The van der Waals surface area contributed by atoms with Crippen LogP contribution >= 0.6 is 0 Å². The molecule has 0 spiro atoms. The molecule has 0 bridgehead atoms. The van der Waals surface area contributed by atoms with Crippen molar-refractivity contribution in [1.29, 1.82) is 0 Å². The molecule has 6 rings (SSSR count). The van der Waals surface area contributed by atoms with Crippen LogP contribution < -0.4 is 10.1 Å². The number of hydrogen-bond acceptors (Lipinski definition) is 7. The monoisotopic (exact) mass is 601 g/mol. The number of anilines is 1. The summed E-state index contributed by atoms with van der Waals surface area (Å²) in [4.78, 5) is 37.3. The highest BCUT2D eigenvalue weighted by molar-refractivity contribution is 6.01. The van der Waals surface area contributed by atoms with Crippen LogP contribution in [0.25, 0.3) is 0 Å². The van der Waals surface area contributed by atoms with Crippen LogP contribution in [0.1, 0.15) is 52.9 Å². The Bertz CT molecular complexity index is 1400. The lowest BCUT2D eigenvalue weighted by molar-refractivity contribution is -0.234. The summed E-state index contributed by atoms with van der Waals surface area (Å²) in [6, 6.07) is 6.05. The number of Topliss-reactive ketones (excluding diaryl/α,β-unsaturated/α-hetero) is 1. The van der Waals surface area contributed by atoms with E-state index in [0.29, 0.717) is 17.9 Å². The number of amides is 1. The number of carbonyl (C=O) groups is 3. The first-order valence-corrected chi connectivity index (χ1v) is 14.9. The Labute approximate surface area is 248 Å². The summed E-state index contributed by atoms with van der Waals surface area (Å²) in [5.41, 5.74) is -6.11. The van der Waals surface area contributed by atoms with Crippen LogP contribution in [-0.2, 0) is 19.1 Å². The van der Waals surface area contributed by atoms with Crippen molar-refractivity contribution in [2.45, 2.75) is 88.8 Å². The number of carboxylic acid groups (broad SMARTS) is 1. The molecule has 3 saturated carbocycles. The predicted octanol–water partition coefficient (Wildman–Crippen LogP) is 4.93. The molecular weight excluding hydrogens is 564 g/mol. The number of rotatable bonds is 7. The number of halogens is 2. The SMILES string of the molecule is CCCC1O[C@@H]2C[C@H]3[C@@H]4C[C@H](F)C5=CC(=O)C=C[C@]5(C)[C@@]4(F)[C@@H](O)C[C@]3(C)[C@]2(C(=O)COc2ccc(NC(=O)O)cc2)O1. The molecule has 10 atom stereocenters. The number of nitrogens with one attached hydrogen (secondary N) is 1. The minimum Gasteiger partial charge on any atom is -0.486 e. The molecule has 1 heterocycles. The molecule has 0 aromatic heterocycles. The first kappa shape index (κ1) is 29.9. The van der Waals surface area contributed by atoms with Crippen LogP contribution in [0.2, 0.25) is 0 Å². The first-order chi connectivity index (χ1) is 20.3. The van der Waals surface area contributed by atoms with Gasteiger partial charge in [0.05, 0.1) is 12.2 Å². The molecule has 1 aliphatic heterocycles. The van der Waals surface area contributed by atoms with Crippen LogP contribution in [0.15, 0.2) is 48.1 Å². The van der Waals surface area contributed by atoms with Gasteiger partial charge >= 0.3 is 6.09 Å². The number of aliphatic hydroxyl groups excluding tert-OH is 1. The lowest BCUT2D eigenvalue weighted by Crippen LogP contribution is -2.71. The second-order valence-corrected chi connectivity index (χ2v) is 13.0. The molecule has 1 amide bonds. The first-order valence-electron chi connectivity index (χ1n) is 14.9. The molecule has 1 aromatic rings. The van der Waals surface area contributed by atoms with Gasteiger partial charge in [0.15, 0.2) is 23.3 Å². The van der Waals surface area contributed by atoms with E-state index in [9.17, 15) is 19.5 Å². The number of allylic oxidation sites excluding steroid dienone is 4. The zero-order chi connectivity index (χ0) is 30.9. The average molecular weight is 602 g/mol. The van der Waals surface area contributed by atoms with E-state index in [-0.39, 0.29) is 24.8 Å². The van der Waals surface area contributed by atoms with Gasteiger partial charge in [0.2, 0.25) is 5.78 Å². The molecule has 1 unspecified atom stereocenters. The van der Waals surface area contributed by atoms with Gasteiger partial charge in [-0.25, -0.2) is 13.6 Å². The topological polar surface area (TPSA) is 131 Å². The van der Waals surface area contributed by atoms with Gasteiger partial charge in [0.1, 0.15) is 18.5 Å². The number of benzene rings is 1. The van der Waals surface area contributed by atoms with Crippen LogP contribution in [0, 0.1) is 22.7 Å². The molecule has 1 saturated heterocycles. The molecule has 0 radical (unpaired) electrons. The van der Waals surface area contributed by atoms with Gasteiger partial charge in [-0.1, -0.05) is 26.3 Å². The number of ether oxygens (including phenoxy) is 3. The van der Waals surface area contributed by atoms with Crippen molar-refractivity contribution in [3.8, 4) is 5.75 Å². The molecule has 4 fully saturated rings. The van der Waals surface area contributed by atoms with Crippen LogP contribution in [0.4, 0.5) is 19.3 Å². The number of fused-ring (bicyclic) bond motifs is 7. The van der Waals surface area contributed by atoms with Gasteiger partial charge in [-0.2, -0.15) is 0 Å². The van der Waals surface area contributed by atoms with Crippen molar-refractivity contribution in [3.63, 3.8) is 0 Å². The fourth-order valence-corrected chi connectivity index (χ4v) is 8.90. The van der Waals surface area contributed by atoms with E-state index in [4.69, 9.17) is 19.3 Å². The lowest BCUT2D eigenvalue weighted by atomic mass is 9.44. The zero-order valence-corrected chi connectivity index (χ0v) is 24.3. The molecule has 5 aliphatic rings. The van der Waals surface area contributed by atoms with Crippen LogP contribution in [0.5, 0.6) is 5.75 Å². The molecule has 1 aromatic carbocycles. The van der Waals surface area contributed by atoms with E-state index in [0.717, 1.165) is 12.5 Å². The summed E-state index contributed by atoms with van der Waals surface area (Å²) in [6.45, 7) is 4.91. The highest BCUT2D eigenvalue weighted by Gasteiger charge is 2.80. The Kier molecular flexibility index (Phi) is 7.10. The molecule has 3 N–H and O–H groups in total. The molecule has 43 heavy (non-hydrogen) atoms. The zero-order valence-electron chi connectivity index (χ0n) is 24.3. The summed E-state index contributed by atoms with van der Waals surface area (Å²) in [7, 11) is 0. The van der Waals surface area contributed by atoms with Crippen LogP contribution in [0.3, 0.4) is 0 Å². The quantitative estimate of drug-likeness (QED) is 0.401. The van der Waals surface area contributed by atoms with Crippen molar-refractivity contribution in [1.82, 2.24) is 0 Å². The maximum absolute atomic E-state index is 17.6. The highest BCUT2D eigenvalue weighted by atomic mass is 19.1.